The number of para-hydroxylation sites is 1. The minimum Gasteiger partial charge on any atom is -0.497 e. The maximum atomic E-state index is 13.8. The van der Waals surface area contributed by atoms with Gasteiger partial charge in [-0.25, -0.2) is 0 Å². The lowest BCUT2D eigenvalue weighted by molar-refractivity contribution is -0.249. The first-order valence-corrected chi connectivity index (χ1v) is 9.94. The van der Waals surface area contributed by atoms with E-state index in [1.807, 2.05) is 42.5 Å². The average Bonchev–Trinajstić information content (AvgIpc) is 2.67. The number of Topliss-reactive ketones (excluding diaryl/α,β-unsaturated/α-hetero) is 1. The lowest BCUT2D eigenvalue weighted by atomic mass is 9.60. The minimum atomic E-state index is -0.361. The lowest BCUT2D eigenvalue weighted by Gasteiger charge is -2.55. The molecule has 2 heterocycles. The van der Waals surface area contributed by atoms with Crippen molar-refractivity contribution >= 4 is 5.78 Å². The Kier molecular flexibility index (Phi) is 4.70. The summed E-state index contributed by atoms with van der Waals surface area (Å²) in [6, 6.07) is 15.4. The summed E-state index contributed by atoms with van der Waals surface area (Å²) >= 11 is 0. The first kappa shape index (κ1) is 19.0. The van der Waals surface area contributed by atoms with Gasteiger partial charge in [0.1, 0.15) is 11.5 Å². The molecule has 2 aromatic carbocycles. The Hall–Kier alpha value is -2.33. The predicted octanol–water partition coefficient (Wildman–Crippen LogP) is 5.08. The van der Waals surface area contributed by atoms with E-state index in [0.717, 1.165) is 17.1 Å². The van der Waals surface area contributed by atoms with E-state index in [9.17, 15) is 4.79 Å². The molecule has 0 unspecified atom stereocenters. The fourth-order valence-electron chi connectivity index (χ4n) is 4.76. The summed E-state index contributed by atoms with van der Waals surface area (Å²) in [6.45, 7) is 8.50. The number of benzene rings is 2. The van der Waals surface area contributed by atoms with Gasteiger partial charge >= 0.3 is 0 Å². The Morgan fingerprint density at radius 2 is 1.75 bits per heavy atom. The van der Waals surface area contributed by atoms with Crippen molar-refractivity contribution in [3.05, 3.63) is 59.7 Å². The van der Waals surface area contributed by atoms with Crippen molar-refractivity contribution in [1.29, 1.82) is 0 Å². The molecule has 2 bridgehead atoms. The average molecular weight is 380 g/mol. The molecule has 0 aliphatic carbocycles. The molecule has 148 valence electrons. The zero-order valence-corrected chi connectivity index (χ0v) is 17.1. The van der Waals surface area contributed by atoms with Crippen LogP contribution in [0.15, 0.2) is 48.5 Å². The highest BCUT2D eigenvalue weighted by Gasteiger charge is 2.58. The maximum Gasteiger partial charge on any atom is 0.205 e. The molecule has 0 saturated carbocycles. The molecule has 0 radical (unpaired) electrons. The van der Waals surface area contributed by atoms with Crippen molar-refractivity contribution in [3.63, 3.8) is 0 Å². The second kappa shape index (κ2) is 6.93. The second-order valence-electron chi connectivity index (χ2n) is 8.75. The van der Waals surface area contributed by atoms with Crippen molar-refractivity contribution in [1.82, 2.24) is 0 Å². The Morgan fingerprint density at radius 1 is 1.07 bits per heavy atom. The van der Waals surface area contributed by atoms with Gasteiger partial charge in [-0.2, -0.15) is 0 Å². The molecule has 4 atom stereocenters. The SMILES string of the molecule is COc1ccc(C(=O)[C@H]2[C@H](C(C)C)O[C@H]3Oc4ccccc4[C@@H]2C3(C)C)cc1. The molecule has 4 heteroatoms. The van der Waals surface area contributed by atoms with E-state index in [-0.39, 0.29) is 41.3 Å². The molecule has 28 heavy (non-hydrogen) atoms. The number of hydrogen-bond acceptors (Lipinski definition) is 4. The van der Waals surface area contributed by atoms with Crippen LogP contribution in [-0.2, 0) is 4.74 Å². The smallest absolute Gasteiger partial charge is 0.205 e. The van der Waals surface area contributed by atoms with Gasteiger partial charge in [0.2, 0.25) is 6.29 Å². The molecule has 0 spiro atoms. The van der Waals surface area contributed by atoms with Gasteiger partial charge in [-0.1, -0.05) is 45.9 Å². The zero-order chi connectivity index (χ0) is 20.1. The Bertz CT molecular complexity index is 868. The molecule has 0 N–H and O–H groups in total. The van der Waals surface area contributed by atoms with E-state index in [4.69, 9.17) is 14.2 Å². The van der Waals surface area contributed by atoms with Gasteiger partial charge in [-0.15, -0.1) is 0 Å². The highest BCUT2D eigenvalue weighted by Crippen LogP contribution is 2.57. The molecule has 1 saturated heterocycles. The standard InChI is InChI=1S/C24H28O4/c1-14(2)22-19(21(25)15-10-12-16(26-5)13-11-15)20-17-8-6-7-9-18(17)27-23(28-22)24(20,3)4/h6-14,19-20,22-23H,1-5H3/t19-,20-,22-,23+/m0/s1. The van der Waals surface area contributed by atoms with Crippen LogP contribution in [0.5, 0.6) is 11.5 Å². The second-order valence-corrected chi connectivity index (χ2v) is 8.75. The third-order valence-corrected chi connectivity index (χ3v) is 6.23. The zero-order valence-electron chi connectivity index (χ0n) is 17.1. The summed E-state index contributed by atoms with van der Waals surface area (Å²) in [7, 11) is 1.63. The highest BCUT2D eigenvalue weighted by molar-refractivity contribution is 5.99. The molecular formula is C24H28O4. The molecule has 1 fully saturated rings. The van der Waals surface area contributed by atoms with E-state index in [2.05, 4.69) is 33.8 Å². The summed E-state index contributed by atoms with van der Waals surface area (Å²) in [5, 5.41) is 0. The number of carbonyl (C=O) groups excluding carboxylic acids is 1. The maximum absolute atomic E-state index is 13.8. The minimum absolute atomic E-state index is 0.0261. The number of carbonyl (C=O) groups is 1. The van der Waals surface area contributed by atoms with Crippen LogP contribution in [-0.4, -0.2) is 25.3 Å². The monoisotopic (exact) mass is 380 g/mol. The first-order valence-electron chi connectivity index (χ1n) is 9.94. The number of rotatable bonds is 4. The lowest BCUT2D eigenvalue weighted by Crippen LogP contribution is -2.59. The van der Waals surface area contributed by atoms with E-state index < -0.39 is 0 Å². The van der Waals surface area contributed by atoms with Crippen LogP contribution < -0.4 is 9.47 Å². The van der Waals surface area contributed by atoms with Crippen molar-refractivity contribution in [2.45, 2.75) is 46.0 Å². The summed E-state index contributed by atoms with van der Waals surface area (Å²) in [5.41, 5.74) is 1.48. The number of ketones is 1. The first-order chi connectivity index (χ1) is 13.3. The van der Waals surface area contributed by atoms with Crippen LogP contribution in [0, 0.1) is 17.3 Å². The van der Waals surface area contributed by atoms with Gasteiger partial charge in [0, 0.05) is 16.9 Å². The van der Waals surface area contributed by atoms with Crippen LogP contribution in [0.25, 0.3) is 0 Å². The Balaban J connectivity index is 1.83. The molecule has 2 aromatic rings. The van der Waals surface area contributed by atoms with Crippen LogP contribution in [0.1, 0.15) is 49.5 Å². The quantitative estimate of drug-likeness (QED) is 0.694. The number of ether oxygens (including phenoxy) is 3. The van der Waals surface area contributed by atoms with Gasteiger partial charge < -0.3 is 14.2 Å². The number of hydrogen-bond donors (Lipinski definition) is 0. The fourth-order valence-corrected chi connectivity index (χ4v) is 4.76. The van der Waals surface area contributed by atoms with Crippen molar-refractivity contribution < 1.29 is 19.0 Å². The van der Waals surface area contributed by atoms with Gasteiger partial charge in [0.05, 0.1) is 19.1 Å². The molecule has 0 amide bonds. The van der Waals surface area contributed by atoms with Crippen LogP contribution >= 0.6 is 0 Å². The Morgan fingerprint density at radius 3 is 2.39 bits per heavy atom. The summed E-state index contributed by atoms with van der Waals surface area (Å²) < 4.78 is 17.9. The van der Waals surface area contributed by atoms with E-state index in [1.165, 1.54) is 0 Å². The largest absolute Gasteiger partial charge is 0.497 e. The summed E-state index contributed by atoms with van der Waals surface area (Å²) in [4.78, 5) is 13.8. The van der Waals surface area contributed by atoms with Crippen molar-refractivity contribution in [2.24, 2.45) is 17.3 Å². The van der Waals surface area contributed by atoms with Crippen LogP contribution in [0.4, 0.5) is 0 Å². The number of methoxy groups -OCH3 is 1. The Labute approximate surface area is 166 Å². The van der Waals surface area contributed by atoms with Gasteiger partial charge in [-0.3, -0.25) is 4.79 Å². The van der Waals surface area contributed by atoms with Gasteiger partial charge in [0.25, 0.3) is 0 Å². The van der Waals surface area contributed by atoms with Crippen LogP contribution in [0.3, 0.4) is 0 Å². The van der Waals surface area contributed by atoms with E-state index >= 15 is 0 Å². The van der Waals surface area contributed by atoms with Crippen molar-refractivity contribution in [3.8, 4) is 11.5 Å². The summed E-state index contributed by atoms with van der Waals surface area (Å²) in [5.74, 6) is 1.64. The third-order valence-electron chi connectivity index (χ3n) is 6.23. The molecule has 2 aliphatic rings. The van der Waals surface area contributed by atoms with Crippen LogP contribution in [0.2, 0.25) is 0 Å². The van der Waals surface area contributed by atoms with Gasteiger partial charge in [-0.05, 0) is 41.8 Å². The fraction of sp³-hybridized carbons (Fsp3) is 0.458. The third kappa shape index (κ3) is 2.91. The van der Waals surface area contributed by atoms with E-state index in [0.29, 0.717) is 5.56 Å². The molecule has 0 aromatic heterocycles. The predicted molar refractivity (Wildman–Crippen MR) is 108 cm³/mol. The number of fused-ring (bicyclic) bond motifs is 4. The van der Waals surface area contributed by atoms with E-state index in [1.54, 1.807) is 7.11 Å². The van der Waals surface area contributed by atoms with Gasteiger partial charge in [0.15, 0.2) is 5.78 Å². The molecule has 4 nitrogen and oxygen atoms in total. The normalized spacial score (nSPS) is 27.6. The molecule has 4 rings (SSSR count). The highest BCUT2D eigenvalue weighted by atomic mass is 16.7. The topological polar surface area (TPSA) is 44.8 Å². The molecular weight excluding hydrogens is 352 g/mol. The molecule has 2 aliphatic heterocycles. The van der Waals surface area contributed by atoms with Crippen molar-refractivity contribution in [2.75, 3.05) is 7.11 Å². The summed E-state index contributed by atoms with van der Waals surface area (Å²) in [6.07, 6.45) is -0.564.